The minimum Gasteiger partial charge on any atom is -0.385 e. The summed E-state index contributed by atoms with van der Waals surface area (Å²) < 4.78 is 4.86. The van der Waals surface area contributed by atoms with E-state index in [1.165, 1.54) is 4.90 Å². The number of piperazine rings is 1. The SMILES string of the molecule is CCC1C(=O)NC(=O)CN1C(=O)CCCOC. The van der Waals surface area contributed by atoms with Crippen molar-refractivity contribution in [1.29, 1.82) is 0 Å². The van der Waals surface area contributed by atoms with E-state index in [9.17, 15) is 14.4 Å². The Morgan fingerprint density at radius 3 is 2.82 bits per heavy atom. The molecule has 0 bridgehead atoms. The highest BCUT2D eigenvalue weighted by atomic mass is 16.5. The lowest BCUT2D eigenvalue weighted by molar-refractivity contribution is -0.150. The molecule has 1 aliphatic rings. The Bertz CT molecular complexity index is 317. The molecule has 1 saturated heterocycles. The van der Waals surface area contributed by atoms with Gasteiger partial charge in [0.25, 0.3) is 0 Å². The number of imide groups is 1. The van der Waals surface area contributed by atoms with E-state index in [1.807, 2.05) is 6.92 Å². The Morgan fingerprint density at radius 2 is 2.24 bits per heavy atom. The number of nitrogens with zero attached hydrogens (tertiary/aromatic N) is 1. The van der Waals surface area contributed by atoms with Crippen LogP contribution in [0, 0.1) is 0 Å². The van der Waals surface area contributed by atoms with Crippen LogP contribution < -0.4 is 5.32 Å². The maximum Gasteiger partial charge on any atom is 0.249 e. The predicted octanol–water partition coefficient (Wildman–Crippen LogP) is -0.323. The average Bonchev–Trinajstić information content (AvgIpc) is 2.28. The molecule has 17 heavy (non-hydrogen) atoms. The summed E-state index contributed by atoms with van der Waals surface area (Å²) in [5.74, 6) is -0.972. The summed E-state index contributed by atoms with van der Waals surface area (Å²) in [6.07, 6.45) is 1.40. The van der Waals surface area contributed by atoms with Crippen LogP contribution in [-0.4, -0.2) is 48.9 Å². The first-order valence-electron chi connectivity index (χ1n) is 5.72. The van der Waals surface area contributed by atoms with Gasteiger partial charge in [-0.2, -0.15) is 0 Å². The molecular weight excluding hydrogens is 224 g/mol. The second-order valence-corrected chi connectivity index (χ2v) is 3.95. The lowest BCUT2D eigenvalue weighted by atomic mass is 10.1. The number of ether oxygens (including phenoxy) is 1. The number of hydrogen-bond donors (Lipinski definition) is 1. The van der Waals surface area contributed by atoms with E-state index in [2.05, 4.69) is 5.32 Å². The maximum absolute atomic E-state index is 11.9. The number of amides is 3. The van der Waals surface area contributed by atoms with Crippen molar-refractivity contribution in [3.05, 3.63) is 0 Å². The first kappa shape index (κ1) is 13.6. The zero-order valence-corrected chi connectivity index (χ0v) is 10.2. The van der Waals surface area contributed by atoms with E-state index in [0.29, 0.717) is 25.9 Å². The first-order valence-corrected chi connectivity index (χ1v) is 5.72. The highest BCUT2D eigenvalue weighted by Crippen LogP contribution is 2.11. The average molecular weight is 242 g/mol. The molecule has 6 nitrogen and oxygen atoms in total. The molecular formula is C11H18N2O4. The molecule has 96 valence electrons. The third kappa shape index (κ3) is 3.52. The van der Waals surface area contributed by atoms with Crippen molar-refractivity contribution >= 4 is 17.7 Å². The van der Waals surface area contributed by atoms with Gasteiger partial charge in [0.2, 0.25) is 17.7 Å². The molecule has 0 aromatic carbocycles. The number of nitrogens with one attached hydrogen (secondary N) is 1. The van der Waals surface area contributed by atoms with Gasteiger partial charge in [-0.25, -0.2) is 0 Å². The molecule has 1 heterocycles. The third-order valence-electron chi connectivity index (χ3n) is 2.70. The summed E-state index contributed by atoms with van der Waals surface area (Å²) in [7, 11) is 1.57. The second kappa shape index (κ2) is 6.34. The van der Waals surface area contributed by atoms with Gasteiger partial charge >= 0.3 is 0 Å². The fraction of sp³-hybridized carbons (Fsp3) is 0.727. The highest BCUT2D eigenvalue weighted by Gasteiger charge is 2.34. The van der Waals surface area contributed by atoms with Crippen molar-refractivity contribution in [2.24, 2.45) is 0 Å². The van der Waals surface area contributed by atoms with E-state index in [0.717, 1.165) is 0 Å². The third-order valence-corrected chi connectivity index (χ3v) is 2.70. The minimum atomic E-state index is -0.525. The predicted molar refractivity (Wildman–Crippen MR) is 60.1 cm³/mol. The summed E-state index contributed by atoms with van der Waals surface area (Å²) in [6.45, 7) is 2.28. The summed E-state index contributed by atoms with van der Waals surface area (Å²) in [6, 6.07) is -0.525. The van der Waals surface area contributed by atoms with Crippen molar-refractivity contribution in [1.82, 2.24) is 10.2 Å². The molecule has 1 unspecified atom stereocenters. The van der Waals surface area contributed by atoms with Crippen LogP contribution >= 0.6 is 0 Å². The van der Waals surface area contributed by atoms with Crippen LogP contribution in [0.4, 0.5) is 0 Å². The smallest absolute Gasteiger partial charge is 0.249 e. The molecule has 1 fully saturated rings. The monoisotopic (exact) mass is 242 g/mol. The van der Waals surface area contributed by atoms with E-state index >= 15 is 0 Å². The fourth-order valence-electron chi connectivity index (χ4n) is 1.85. The minimum absolute atomic E-state index is 0.0317. The van der Waals surface area contributed by atoms with Crippen LogP contribution in [0.2, 0.25) is 0 Å². The topological polar surface area (TPSA) is 75.7 Å². The van der Waals surface area contributed by atoms with Crippen LogP contribution in [0.5, 0.6) is 0 Å². The molecule has 1 N–H and O–H groups in total. The van der Waals surface area contributed by atoms with Crippen molar-refractivity contribution in [3.8, 4) is 0 Å². The molecule has 0 aromatic rings. The summed E-state index contributed by atoms with van der Waals surface area (Å²) in [5, 5.41) is 2.24. The summed E-state index contributed by atoms with van der Waals surface area (Å²) in [4.78, 5) is 36.0. The number of carbonyl (C=O) groups excluding carboxylic acids is 3. The Labute approximate surface area is 100 Å². The quantitative estimate of drug-likeness (QED) is 0.529. The lowest BCUT2D eigenvalue weighted by Crippen LogP contribution is -2.59. The molecule has 0 radical (unpaired) electrons. The lowest BCUT2D eigenvalue weighted by Gasteiger charge is -2.33. The van der Waals surface area contributed by atoms with Crippen molar-refractivity contribution in [2.75, 3.05) is 20.3 Å². The molecule has 1 atom stereocenters. The largest absolute Gasteiger partial charge is 0.385 e. The maximum atomic E-state index is 11.9. The Morgan fingerprint density at radius 1 is 1.53 bits per heavy atom. The van der Waals surface area contributed by atoms with E-state index < -0.39 is 11.9 Å². The Kier molecular flexibility index (Phi) is 5.09. The van der Waals surface area contributed by atoms with Gasteiger partial charge in [0.05, 0.1) is 0 Å². The molecule has 0 aromatic heterocycles. The van der Waals surface area contributed by atoms with Crippen LogP contribution in [0.1, 0.15) is 26.2 Å². The van der Waals surface area contributed by atoms with Crippen LogP contribution in [0.3, 0.4) is 0 Å². The van der Waals surface area contributed by atoms with E-state index in [1.54, 1.807) is 7.11 Å². The molecule has 1 aliphatic heterocycles. The summed E-state index contributed by atoms with van der Waals surface area (Å²) >= 11 is 0. The van der Waals surface area contributed by atoms with Crippen LogP contribution in [0.15, 0.2) is 0 Å². The molecule has 6 heteroatoms. The summed E-state index contributed by atoms with van der Waals surface area (Å²) in [5.41, 5.74) is 0. The Balaban J connectivity index is 2.61. The van der Waals surface area contributed by atoms with Gasteiger partial charge in [0, 0.05) is 20.1 Å². The highest BCUT2D eigenvalue weighted by molar-refractivity contribution is 6.04. The molecule has 0 spiro atoms. The molecule has 1 rings (SSSR count). The first-order chi connectivity index (χ1) is 8.10. The van der Waals surface area contributed by atoms with Gasteiger partial charge in [-0.05, 0) is 12.8 Å². The van der Waals surface area contributed by atoms with Crippen LogP contribution in [-0.2, 0) is 19.1 Å². The zero-order valence-electron chi connectivity index (χ0n) is 10.2. The van der Waals surface area contributed by atoms with E-state index in [4.69, 9.17) is 4.74 Å². The molecule has 3 amide bonds. The number of hydrogen-bond acceptors (Lipinski definition) is 4. The zero-order chi connectivity index (χ0) is 12.8. The van der Waals surface area contributed by atoms with Crippen LogP contribution in [0.25, 0.3) is 0 Å². The number of rotatable bonds is 5. The van der Waals surface area contributed by atoms with Gasteiger partial charge in [-0.15, -0.1) is 0 Å². The Hall–Kier alpha value is -1.43. The van der Waals surface area contributed by atoms with Gasteiger partial charge in [-0.3, -0.25) is 19.7 Å². The second-order valence-electron chi connectivity index (χ2n) is 3.95. The molecule has 0 saturated carbocycles. The normalized spacial score (nSPS) is 20.4. The van der Waals surface area contributed by atoms with Gasteiger partial charge in [0.1, 0.15) is 12.6 Å². The van der Waals surface area contributed by atoms with Gasteiger partial charge < -0.3 is 9.64 Å². The van der Waals surface area contributed by atoms with Crippen molar-refractivity contribution in [2.45, 2.75) is 32.2 Å². The van der Waals surface area contributed by atoms with E-state index in [-0.39, 0.29) is 18.4 Å². The number of methoxy groups -OCH3 is 1. The van der Waals surface area contributed by atoms with Crippen molar-refractivity contribution in [3.63, 3.8) is 0 Å². The molecule has 0 aliphatic carbocycles. The van der Waals surface area contributed by atoms with Gasteiger partial charge in [-0.1, -0.05) is 6.92 Å². The van der Waals surface area contributed by atoms with Gasteiger partial charge in [0.15, 0.2) is 0 Å². The fourth-order valence-corrected chi connectivity index (χ4v) is 1.85. The van der Waals surface area contributed by atoms with Crippen molar-refractivity contribution < 1.29 is 19.1 Å². The standard InChI is InChI=1S/C11H18N2O4/c1-3-8-11(16)12-9(14)7-13(8)10(15)5-4-6-17-2/h8H,3-7H2,1-2H3,(H,12,14,16). The number of carbonyl (C=O) groups is 3.